The number of hydrogen-bond acceptors (Lipinski definition) is 2. The van der Waals surface area contributed by atoms with Crippen LogP contribution in [-0.2, 0) is 6.54 Å². The molecular weight excluding hydrogens is 334 g/mol. The van der Waals surface area contributed by atoms with E-state index >= 15 is 0 Å². The molecule has 5 heteroatoms. The largest absolute Gasteiger partial charge is 0.337 e. The number of thiophene rings is 1. The van der Waals surface area contributed by atoms with Crippen LogP contribution in [0.15, 0.2) is 39.5 Å². The van der Waals surface area contributed by atoms with Crippen molar-refractivity contribution in [2.75, 3.05) is 7.05 Å². The molecule has 94 valence electrons. The molecule has 0 saturated heterocycles. The van der Waals surface area contributed by atoms with E-state index in [1.807, 2.05) is 35.7 Å². The van der Waals surface area contributed by atoms with Crippen LogP contribution in [0.25, 0.3) is 0 Å². The Bertz CT molecular complexity index is 570. The van der Waals surface area contributed by atoms with Gasteiger partial charge in [-0.2, -0.15) is 0 Å². The maximum atomic E-state index is 12.1. The summed E-state index contributed by atoms with van der Waals surface area (Å²) in [7, 11) is 1.78. The maximum Gasteiger partial charge on any atom is 0.254 e. The molecule has 1 aromatic carbocycles. The Kier molecular flexibility index (Phi) is 4.43. The van der Waals surface area contributed by atoms with Crippen LogP contribution in [-0.4, -0.2) is 17.9 Å². The lowest BCUT2D eigenvalue weighted by molar-refractivity contribution is 0.0785. The normalized spacial score (nSPS) is 10.4. The van der Waals surface area contributed by atoms with Crippen molar-refractivity contribution in [1.82, 2.24) is 4.90 Å². The van der Waals surface area contributed by atoms with Crippen LogP contribution < -0.4 is 0 Å². The third-order valence-electron chi connectivity index (χ3n) is 2.53. The average Bonchev–Trinajstić information content (AvgIpc) is 2.78. The van der Waals surface area contributed by atoms with Crippen molar-refractivity contribution >= 4 is 44.8 Å². The van der Waals surface area contributed by atoms with Gasteiger partial charge >= 0.3 is 0 Å². The number of halogens is 2. The number of hydrogen-bond donors (Lipinski definition) is 0. The van der Waals surface area contributed by atoms with Crippen molar-refractivity contribution in [2.24, 2.45) is 0 Å². The molecule has 0 N–H and O–H groups in total. The van der Waals surface area contributed by atoms with E-state index in [0.717, 1.165) is 9.35 Å². The molecule has 2 rings (SSSR count). The summed E-state index contributed by atoms with van der Waals surface area (Å²) < 4.78 is 0.956. The maximum absolute atomic E-state index is 12.1. The van der Waals surface area contributed by atoms with E-state index in [-0.39, 0.29) is 5.91 Å². The summed E-state index contributed by atoms with van der Waals surface area (Å²) in [6.07, 6.45) is 0. The highest BCUT2D eigenvalue weighted by Crippen LogP contribution is 2.23. The SMILES string of the molecule is CN(Cc1ccccc1Cl)C(=O)c1csc(Br)c1. The zero-order valence-corrected chi connectivity index (χ0v) is 12.8. The smallest absolute Gasteiger partial charge is 0.254 e. The fraction of sp³-hybridized carbons (Fsp3) is 0.154. The molecule has 18 heavy (non-hydrogen) atoms. The Morgan fingerprint density at radius 3 is 2.78 bits per heavy atom. The average molecular weight is 345 g/mol. The molecule has 2 aromatic rings. The number of nitrogens with zero attached hydrogens (tertiary/aromatic N) is 1. The quantitative estimate of drug-likeness (QED) is 0.806. The highest BCUT2D eigenvalue weighted by molar-refractivity contribution is 9.11. The van der Waals surface area contributed by atoms with Gasteiger partial charge < -0.3 is 4.90 Å². The number of carbonyl (C=O) groups is 1. The summed E-state index contributed by atoms with van der Waals surface area (Å²) in [6.45, 7) is 0.506. The molecule has 0 saturated carbocycles. The second-order valence-electron chi connectivity index (χ2n) is 3.89. The molecular formula is C13H11BrClNOS. The summed E-state index contributed by atoms with van der Waals surface area (Å²) in [5.74, 6) is -0.00290. The lowest BCUT2D eigenvalue weighted by Crippen LogP contribution is -2.25. The van der Waals surface area contributed by atoms with Gasteiger partial charge in [-0.25, -0.2) is 0 Å². The zero-order valence-electron chi connectivity index (χ0n) is 9.69. The van der Waals surface area contributed by atoms with Gasteiger partial charge in [-0.3, -0.25) is 4.79 Å². The van der Waals surface area contributed by atoms with Crippen LogP contribution in [0.3, 0.4) is 0 Å². The van der Waals surface area contributed by atoms with Gasteiger partial charge in [0.15, 0.2) is 0 Å². The Morgan fingerprint density at radius 1 is 1.44 bits per heavy atom. The van der Waals surface area contributed by atoms with Crippen LogP contribution in [0, 0.1) is 0 Å². The first-order chi connectivity index (χ1) is 8.58. The summed E-state index contributed by atoms with van der Waals surface area (Å²) >= 11 is 10.9. The third-order valence-corrected chi connectivity index (χ3v) is 4.40. The second kappa shape index (κ2) is 5.87. The number of benzene rings is 1. The van der Waals surface area contributed by atoms with Crippen LogP contribution >= 0.6 is 38.9 Å². The van der Waals surface area contributed by atoms with Gasteiger partial charge in [0.25, 0.3) is 5.91 Å². The minimum atomic E-state index is -0.00290. The number of amides is 1. The molecule has 0 aliphatic rings. The Labute approximate surface area is 123 Å². The predicted molar refractivity (Wildman–Crippen MR) is 79.3 cm³/mol. The number of carbonyl (C=O) groups excluding carboxylic acids is 1. The Hall–Kier alpha value is -0.840. The highest BCUT2D eigenvalue weighted by atomic mass is 79.9. The highest BCUT2D eigenvalue weighted by Gasteiger charge is 2.14. The van der Waals surface area contributed by atoms with Crippen molar-refractivity contribution in [2.45, 2.75) is 6.54 Å². The van der Waals surface area contributed by atoms with Gasteiger partial charge in [0.2, 0.25) is 0 Å². The molecule has 0 radical (unpaired) electrons. The second-order valence-corrected chi connectivity index (χ2v) is 6.59. The Morgan fingerprint density at radius 2 is 2.17 bits per heavy atom. The molecule has 0 unspecified atom stereocenters. The monoisotopic (exact) mass is 343 g/mol. The Balaban J connectivity index is 2.11. The van der Waals surface area contributed by atoms with Crippen LogP contribution in [0.5, 0.6) is 0 Å². The minimum absolute atomic E-state index is 0.00290. The molecule has 1 heterocycles. The molecule has 2 nitrogen and oxygen atoms in total. The van der Waals surface area contributed by atoms with E-state index in [1.54, 1.807) is 11.9 Å². The fourth-order valence-electron chi connectivity index (χ4n) is 1.60. The van der Waals surface area contributed by atoms with Crippen LogP contribution in [0.4, 0.5) is 0 Å². The van der Waals surface area contributed by atoms with E-state index in [1.165, 1.54) is 11.3 Å². The zero-order chi connectivity index (χ0) is 13.1. The molecule has 0 fully saturated rings. The molecule has 0 aliphatic carbocycles. The van der Waals surface area contributed by atoms with Gasteiger partial charge in [-0.05, 0) is 33.6 Å². The van der Waals surface area contributed by atoms with Crippen molar-refractivity contribution in [1.29, 1.82) is 0 Å². The van der Waals surface area contributed by atoms with Crippen molar-refractivity contribution in [3.05, 3.63) is 55.6 Å². The van der Waals surface area contributed by atoms with E-state index in [4.69, 9.17) is 11.6 Å². The van der Waals surface area contributed by atoms with Crippen molar-refractivity contribution in [3.8, 4) is 0 Å². The van der Waals surface area contributed by atoms with E-state index in [9.17, 15) is 4.79 Å². The van der Waals surface area contributed by atoms with Gasteiger partial charge in [0.1, 0.15) is 0 Å². The third kappa shape index (κ3) is 3.13. The summed E-state index contributed by atoms with van der Waals surface area (Å²) in [5.41, 5.74) is 1.64. The van der Waals surface area contributed by atoms with Gasteiger partial charge in [0.05, 0.1) is 9.35 Å². The van der Waals surface area contributed by atoms with E-state index < -0.39 is 0 Å². The first kappa shape index (κ1) is 13.6. The van der Waals surface area contributed by atoms with Crippen molar-refractivity contribution < 1.29 is 4.79 Å². The first-order valence-corrected chi connectivity index (χ1v) is 7.36. The van der Waals surface area contributed by atoms with E-state index in [2.05, 4.69) is 15.9 Å². The topological polar surface area (TPSA) is 20.3 Å². The first-order valence-electron chi connectivity index (χ1n) is 5.31. The molecule has 1 aromatic heterocycles. The summed E-state index contributed by atoms with van der Waals surface area (Å²) in [4.78, 5) is 13.8. The van der Waals surface area contributed by atoms with Crippen LogP contribution in [0.2, 0.25) is 5.02 Å². The van der Waals surface area contributed by atoms with Gasteiger partial charge in [-0.1, -0.05) is 29.8 Å². The summed E-state index contributed by atoms with van der Waals surface area (Å²) in [5, 5.41) is 2.53. The lowest BCUT2D eigenvalue weighted by atomic mass is 10.2. The van der Waals surface area contributed by atoms with Crippen molar-refractivity contribution in [3.63, 3.8) is 0 Å². The lowest BCUT2D eigenvalue weighted by Gasteiger charge is -2.17. The standard InChI is InChI=1S/C13H11BrClNOS/c1-16(7-9-4-2-3-5-11(9)15)13(17)10-6-12(14)18-8-10/h2-6,8H,7H2,1H3. The van der Waals surface area contributed by atoms with Gasteiger partial charge in [0, 0.05) is 24.0 Å². The fourth-order valence-corrected chi connectivity index (χ4v) is 2.92. The van der Waals surface area contributed by atoms with Crippen LogP contribution in [0.1, 0.15) is 15.9 Å². The number of rotatable bonds is 3. The molecule has 0 atom stereocenters. The molecule has 0 spiro atoms. The summed E-state index contributed by atoms with van der Waals surface area (Å²) in [6, 6.07) is 9.38. The van der Waals surface area contributed by atoms with E-state index in [0.29, 0.717) is 17.1 Å². The minimum Gasteiger partial charge on any atom is -0.337 e. The molecule has 0 aliphatic heterocycles. The molecule has 1 amide bonds. The van der Waals surface area contributed by atoms with Gasteiger partial charge in [-0.15, -0.1) is 11.3 Å². The molecule has 0 bridgehead atoms. The predicted octanol–water partition coefficient (Wildman–Crippen LogP) is 4.44.